The minimum absolute atomic E-state index is 0.272. The number of hydrogen-bond donors (Lipinski definition) is 1. The number of carbonyl (C=O) groups is 1. The van der Waals surface area contributed by atoms with Crippen LogP contribution in [-0.4, -0.2) is 28.9 Å². The maximum Gasteiger partial charge on any atom is 0.335 e. The molecule has 1 N–H and O–H groups in total. The van der Waals surface area contributed by atoms with Crippen molar-refractivity contribution in [3.8, 4) is 0 Å². The third kappa shape index (κ3) is 2.31. The fraction of sp³-hybridized carbons (Fsp3) is 0.308. The van der Waals surface area contributed by atoms with Crippen molar-refractivity contribution in [2.45, 2.75) is 12.5 Å². The molecule has 1 aromatic heterocycles. The number of hydrogen-bond acceptors (Lipinski definition) is 3. The van der Waals surface area contributed by atoms with E-state index in [0.717, 1.165) is 16.5 Å². The second-order valence-corrected chi connectivity index (χ2v) is 4.06. The molecule has 0 aliphatic heterocycles. The number of fused-ring (bicyclic) bond motifs is 1. The van der Waals surface area contributed by atoms with E-state index in [9.17, 15) is 9.90 Å². The minimum atomic E-state index is -1.10. The standard InChI is InChI=1S/C13H15NO3/c1-14-6-5-10-4-3-9(7-11(10)14)8-12(15)13(16)17-2/h3-7,12,15H,8H2,1-2H3. The average Bonchev–Trinajstić information content (AvgIpc) is 2.70. The lowest BCUT2D eigenvalue weighted by Gasteiger charge is -2.08. The van der Waals surface area contributed by atoms with Crippen LogP contribution in [0.1, 0.15) is 5.56 Å². The molecule has 0 spiro atoms. The predicted molar refractivity (Wildman–Crippen MR) is 64.6 cm³/mol. The molecule has 1 aromatic carbocycles. The van der Waals surface area contributed by atoms with Crippen molar-refractivity contribution in [2.24, 2.45) is 7.05 Å². The van der Waals surface area contributed by atoms with E-state index in [1.807, 2.05) is 42.1 Å². The molecule has 17 heavy (non-hydrogen) atoms. The molecular formula is C13H15NO3. The second kappa shape index (κ2) is 4.59. The molecule has 0 aliphatic carbocycles. The summed E-state index contributed by atoms with van der Waals surface area (Å²) in [6.07, 6.45) is 1.15. The van der Waals surface area contributed by atoms with Gasteiger partial charge in [-0.2, -0.15) is 0 Å². The van der Waals surface area contributed by atoms with Gasteiger partial charge in [-0.3, -0.25) is 0 Å². The largest absolute Gasteiger partial charge is 0.467 e. The van der Waals surface area contributed by atoms with E-state index in [0.29, 0.717) is 0 Å². The topological polar surface area (TPSA) is 51.5 Å². The Morgan fingerprint density at radius 3 is 2.94 bits per heavy atom. The molecular weight excluding hydrogens is 218 g/mol. The summed E-state index contributed by atoms with van der Waals surface area (Å²) < 4.78 is 6.49. The van der Waals surface area contributed by atoms with Gasteiger partial charge in [-0.15, -0.1) is 0 Å². The van der Waals surface area contributed by atoms with Crippen molar-refractivity contribution < 1.29 is 14.6 Å². The van der Waals surface area contributed by atoms with E-state index >= 15 is 0 Å². The smallest absolute Gasteiger partial charge is 0.335 e. The molecule has 0 fully saturated rings. The molecule has 0 saturated heterocycles. The summed E-state index contributed by atoms with van der Waals surface area (Å²) in [5.41, 5.74) is 2.00. The van der Waals surface area contributed by atoms with Crippen LogP contribution in [-0.2, 0) is 23.0 Å². The molecule has 1 atom stereocenters. The van der Waals surface area contributed by atoms with Crippen molar-refractivity contribution in [3.63, 3.8) is 0 Å². The molecule has 90 valence electrons. The highest BCUT2D eigenvalue weighted by Gasteiger charge is 2.16. The van der Waals surface area contributed by atoms with Crippen LogP contribution in [0.5, 0.6) is 0 Å². The zero-order valence-corrected chi connectivity index (χ0v) is 9.88. The van der Waals surface area contributed by atoms with Gasteiger partial charge in [-0.25, -0.2) is 4.79 Å². The van der Waals surface area contributed by atoms with Gasteiger partial charge in [-0.05, 0) is 23.1 Å². The normalized spacial score (nSPS) is 12.6. The first-order valence-corrected chi connectivity index (χ1v) is 5.41. The Bertz CT molecular complexity index is 545. The number of aliphatic hydroxyl groups is 1. The molecule has 4 heteroatoms. The number of methoxy groups -OCH3 is 1. The summed E-state index contributed by atoms with van der Waals surface area (Å²) in [5.74, 6) is -0.600. The summed E-state index contributed by atoms with van der Waals surface area (Å²) in [4.78, 5) is 11.1. The number of aliphatic hydroxyl groups excluding tert-OH is 1. The van der Waals surface area contributed by atoms with Crippen LogP contribution in [0.25, 0.3) is 10.9 Å². The van der Waals surface area contributed by atoms with E-state index in [2.05, 4.69) is 4.74 Å². The van der Waals surface area contributed by atoms with E-state index < -0.39 is 12.1 Å². The van der Waals surface area contributed by atoms with Crippen LogP contribution < -0.4 is 0 Å². The summed E-state index contributed by atoms with van der Waals surface area (Å²) in [7, 11) is 3.23. The maximum absolute atomic E-state index is 11.1. The number of benzene rings is 1. The van der Waals surface area contributed by atoms with Gasteiger partial charge in [0, 0.05) is 25.2 Å². The van der Waals surface area contributed by atoms with E-state index in [-0.39, 0.29) is 6.42 Å². The zero-order chi connectivity index (χ0) is 12.4. The lowest BCUT2D eigenvalue weighted by molar-refractivity contribution is -0.150. The van der Waals surface area contributed by atoms with Crippen molar-refractivity contribution in [1.29, 1.82) is 0 Å². The molecule has 0 radical (unpaired) electrons. The van der Waals surface area contributed by atoms with Gasteiger partial charge in [0.1, 0.15) is 0 Å². The van der Waals surface area contributed by atoms with Crippen LogP contribution in [0.4, 0.5) is 0 Å². The first-order chi connectivity index (χ1) is 8.11. The Morgan fingerprint density at radius 2 is 2.24 bits per heavy atom. The number of rotatable bonds is 3. The van der Waals surface area contributed by atoms with Crippen molar-refractivity contribution in [2.75, 3.05) is 7.11 Å². The molecule has 1 heterocycles. The average molecular weight is 233 g/mol. The van der Waals surface area contributed by atoms with Crippen LogP contribution in [0, 0.1) is 0 Å². The fourth-order valence-corrected chi connectivity index (χ4v) is 1.88. The third-order valence-corrected chi connectivity index (χ3v) is 2.85. The second-order valence-electron chi connectivity index (χ2n) is 4.06. The van der Waals surface area contributed by atoms with E-state index in [1.165, 1.54) is 7.11 Å². The van der Waals surface area contributed by atoms with Crippen LogP contribution in [0.3, 0.4) is 0 Å². The summed E-state index contributed by atoms with van der Waals surface area (Å²) in [6.45, 7) is 0. The van der Waals surface area contributed by atoms with Gasteiger partial charge in [0.25, 0.3) is 0 Å². The number of aryl methyl sites for hydroxylation is 1. The molecule has 0 bridgehead atoms. The highest BCUT2D eigenvalue weighted by atomic mass is 16.5. The van der Waals surface area contributed by atoms with Gasteiger partial charge >= 0.3 is 5.97 Å². The number of ether oxygens (including phenoxy) is 1. The number of nitrogens with zero attached hydrogens (tertiary/aromatic N) is 1. The summed E-state index contributed by atoms with van der Waals surface area (Å²) >= 11 is 0. The van der Waals surface area contributed by atoms with Crippen molar-refractivity contribution in [1.82, 2.24) is 4.57 Å². The van der Waals surface area contributed by atoms with Crippen molar-refractivity contribution >= 4 is 16.9 Å². The van der Waals surface area contributed by atoms with Crippen LogP contribution >= 0.6 is 0 Å². The Morgan fingerprint density at radius 1 is 1.47 bits per heavy atom. The molecule has 2 rings (SSSR count). The summed E-state index contributed by atoms with van der Waals surface area (Å²) in [6, 6.07) is 7.89. The van der Waals surface area contributed by atoms with Crippen LogP contribution in [0.15, 0.2) is 30.5 Å². The molecule has 1 unspecified atom stereocenters. The van der Waals surface area contributed by atoms with Gasteiger partial charge in [0.05, 0.1) is 7.11 Å². The lowest BCUT2D eigenvalue weighted by Crippen LogP contribution is -2.24. The highest BCUT2D eigenvalue weighted by molar-refractivity contribution is 5.81. The van der Waals surface area contributed by atoms with Gasteiger partial charge < -0.3 is 14.4 Å². The Balaban J connectivity index is 2.24. The highest BCUT2D eigenvalue weighted by Crippen LogP contribution is 2.17. The first kappa shape index (κ1) is 11.7. The van der Waals surface area contributed by atoms with Gasteiger partial charge in [-0.1, -0.05) is 12.1 Å². The molecule has 0 saturated carbocycles. The minimum Gasteiger partial charge on any atom is -0.467 e. The Hall–Kier alpha value is -1.81. The molecule has 2 aromatic rings. The molecule has 0 aliphatic rings. The Kier molecular flexibility index (Phi) is 3.15. The molecule has 4 nitrogen and oxygen atoms in total. The van der Waals surface area contributed by atoms with Gasteiger partial charge in [0.15, 0.2) is 6.10 Å². The number of carbonyl (C=O) groups excluding carboxylic acids is 1. The molecule has 0 amide bonds. The fourth-order valence-electron chi connectivity index (χ4n) is 1.88. The van der Waals surface area contributed by atoms with E-state index in [1.54, 1.807) is 0 Å². The van der Waals surface area contributed by atoms with E-state index in [4.69, 9.17) is 0 Å². The zero-order valence-electron chi connectivity index (χ0n) is 9.88. The number of esters is 1. The monoisotopic (exact) mass is 233 g/mol. The quantitative estimate of drug-likeness (QED) is 0.812. The van der Waals surface area contributed by atoms with Crippen LogP contribution in [0.2, 0.25) is 0 Å². The maximum atomic E-state index is 11.1. The summed E-state index contributed by atoms with van der Waals surface area (Å²) in [5, 5.41) is 10.7. The Labute approximate surface area is 99.4 Å². The van der Waals surface area contributed by atoms with Crippen molar-refractivity contribution in [3.05, 3.63) is 36.0 Å². The first-order valence-electron chi connectivity index (χ1n) is 5.41. The van der Waals surface area contributed by atoms with Gasteiger partial charge in [0.2, 0.25) is 0 Å². The SMILES string of the molecule is COC(=O)C(O)Cc1ccc2ccn(C)c2c1. The predicted octanol–water partition coefficient (Wildman–Crippen LogP) is 1.25. The lowest BCUT2D eigenvalue weighted by atomic mass is 10.1. The third-order valence-electron chi connectivity index (χ3n) is 2.85. The number of aromatic nitrogens is 1.